The Morgan fingerprint density at radius 2 is 1.82 bits per heavy atom. The molecule has 1 aliphatic heterocycles. The number of nitrogens with one attached hydrogen (secondary N) is 1. The van der Waals surface area contributed by atoms with E-state index < -0.39 is 0 Å². The Morgan fingerprint density at radius 1 is 0.923 bits per heavy atom. The fourth-order valence-corrected chi connectivity index (χ4v) is 5.20. The van der Waals surface area contributed by atoms with Crippen molar-refractivity contribution in [1.29, 1.82) is 0 Å². The SMILES string of the molecule is Fc1cccc(COc2ccc(Nc3ncnc4ccc(-c5ccn(CCN6CCCC6)c5)cc34)cc2Cl)c1. The molecule has 39 heavy (non-hydrogen) atoms. The molecule has 198 valence electrons. The van der Waals surface area contributed by atoms with E-state index in [1.165, 1.54) is 38.1 Å². The van der Waals surface area contributed by atoms with Crippen LogP contribution in [0.4, 0.5) is 15.9 Å². The van der Waals surface area contributed by atoms with E-state index in [0.29, 0.717) is 16.6 Å². The van der Waals surface area contributed by atoms with Crippen molar-refractivity contribution in [3.05, 3.63) is 102 Å². The van der Waals surface area contributed by atoms with Gasteiger partial charge in [0, 0.05) is 36.6 Å². The van der Waals surface area contributed by atoms with Crippen LogP contribution in [-0.2, 0) is 13.2 Å². The second-order valence-corrected chi connectivity index (χ2v) is 10.2. The molecule has 0 unspecified atom stereocenters. The normalized spacial score (nSPS) is 13.7. The first-order valence-electron chi connectivity index (χ1n) is 13.2. The molecule has 0 aliphatic carbocycles. The average molecular weight is 542 g/mol. The van der Waals surface area contributed by atoms with E-state index in [0.717, 1.165) is 46.4 Å². The number of halogens is 2. The zero-order valence-electron chi connectivity index (χ0n) is 21.5. The number of ether oxygens (including phenoxy) is 1. The molecule has 0 radical (unpaired) electrons. The molecule has 8 heteroatoms. The van der Waals surface area contributed by atoms with Gasteiger partial charge in [0.15, 0.2) is 0 Å². The fraction of sp³-hybridized carbons (Fsp3) is 0.226. The van der Waals surface area contributed by atoms with Crippen LogP contribution in [0.5, 0.6) is 5.75 Å². The molecule has 0 amide bonds. The lowest BCUT2D eigenvalue weighted by Gasteiger charge is -2.14. The molecule has 0 atom stereocenters. The van der Waals surface area contributed by atoms with Gasteiger partial charge >= 0.3 is 0 Å². The van der Waals surface area contributed by atoms with Gasteiger partial charge in [0.1, 0.15) is 30.3 Å². The van der Waals surface area contributed by atoms with Gasteiger partial charge in [-0.25, -0.2) is 14.4 Å². The largest absolute Gasteiger partial charge is 0.487 e. The predicted octanol–water partition coefficient (Wildman–Crippen LogP) is 7.31. The maximum atomic E-state index is 13.4. The minimum absolute atomic E-state index is 0.226. The highest BCUT2D eigenvalue weighted by Gasteiger charge is 2.12. The molecule has 1 saturated heterocycles. The van der Waals surface area contributed by atoms with Crippen molar-refractivity contribution in [2.75, 3.05) is 25.0 Å². The minimum Gasteiger partial charge on any atom is -0.487 e. The van der Waals surface area contributed by atoms with Crippen LogP contribution in [0.25, 0.3) is 22.0 Å². The lowest BCUT2D eigenvalue weighted by Crippen LogP contribution is -2.23. The Morgan fingerprint density at radius 3 is 2.67 bits per heavy atom. The Bertz CT molecular complexity index is 1600. The van der Waals surface area contributed by atoms with Crippen molar-refractivity contribution < 1.29 is 9.13 Å². The molecule has 0 bridgehead atoms. The topological polar surface area (TPSA) is 55.2 Å². The maximum Gasteiger partial charge on any atom is 0.141 e. The zero-order chi connectivity index (χ0) is 26.6. The first-order chi connectivity index (χ1) is 19.1. The van der Waals surface area contributed by atoms with Crippen LogP contribution >= 0.6 is 11.6 Å². The van der Waals surface area contributed by atoms with Crippen LogP contribution in [0.1, 0.15) is 18.4 Å². The summed E-state index contributed by atoms with van der Waals surface area (Å²) in [6.07, 6.45) is 8.53. The van der Waals surface area contributed by atoms with Crippen molar-refractivity contribution in [1.82, 2.24) is 19.4 Å². The molecule has 1 fully saturated rings. The summed E-state index contributed by atoms with van der Waals surface area (Å²) >= 11 is 6.51. The van der Waals surface area contributed by atoms with Gasteiger partial charge in [-0.1, -0.05) is 29.8 Å². The fourth-order valence-electron chi connectivity index (χ4n) is 4.97. The Labute approximate surface area is 232 Å². The second-order valence-electron chi connectivity index (χ2n) is 9.83. The van der Waals surface area contributed by atoms with Gasteiger partial charge in [-0.3, -0.25) is 0 Å². The smallest absolute Gasteiger partial charge is 0.141 e. The van der Waals surface area contributed by atoms with E-state index in [2.05, 4.69) is 55.3 Å². The highest BCUT2D eigenvalue weighted by Crippen LogP contribution is 2.32. The summed E-state index contributed by atoms with van der Waals surface area (Å²) in [5.41, 5.74) is 4.64. The molecule has 5 aromatic rings. The monoisotopic (exact) mass is 541 g/mol. The van der Waals surface area contributed by atoms with E-state index in [-0.39, 0.29) is 12.4 Å². The van der Waals surface area contributed by atoms with Crippen LogP contribution < -0.4 is 10.1 Å². The van der Waals surface area contributed by atoms with Crippen LogP contribution in [0.2, 0.25) is 5.02 Å². The molecule has 0 saturated carbocycles. The number of anilines is 2. The van der Waals surface area contributed by atoms with E-state index >= 15 is 0 Å². The van der Waals surface area contributed by atoms with Crippen LogP contribution in [0.3, 0.4) is 0 Å². The lowest BCUT2D eigenvalue weighted by molar-refractivity contribution is 0.306. The highest BCUT2D eigenvalue weighted by atomic mass is 35.5. The summed E-state index contributed by atoms with van der Waals surface area (Å²) in [4.78, 5) is 11.5. The third-order valence-corrected chi connectivity index (χ3v) is 7.37. The van der Waals surface area contributed by atoms with Crippen molar-refractivity contribution >= 4 is 34.0 Å². The van der Waals surface area contributed by atoms with Crippen LogP contribution in [0, 0.1) is 5.82 Å². The number of nitrogens with zero attached hydrogens (tertiary/aromatic N) is 4. The number of benzene rings is 3. The number of likely N-dealkylation sites (tertiary alicyclic amines) is 1. The second kappa shape index (κ2) is 11.4. The van der Waals surface area contributed by atoms with Crippen molar-refractivity contribution in [3.63, 3.8) is 0 Å². The van der Waals surface area contributed by atoms with E-state index in [1.807, 2.05) is 18.2 Å². The molecule has 1 aliphatic rings. The minimum atomic E-state index is -0.294. The van der Waals surface area contributed by atoms with Gasteiger partial charge in [0.05, 0.1) is 10.5 Å². The number of aromatic nitrogens is 3. The first kappa shape index (κ1) is 25.3. The molecule has 2 aromatic heterocycles. The highest BCUT2D eigenvalue weighted by molar-refractivity contribution is 6.32. The van der Waals surface area contributed by atoms with Gasteiger partial charge in [-0.15, -0.1) is 0 Å². The summed E-state index contributed by atoms with van der Waals surface area (Å²) < 4.78 is 21.5. The molecular weight excluding hydrogens is 513 g/mol. The Kier molecular flexibility index (Phi) is 7.43. The van der Waals surface area contributed by atoms with E-state index in [1.54, 1.807) is 24.5 Å². The average Bonchev–Trinajstić information content (AvgIpc) is 3.64. The van der Waals surface area contributed by atoms with Gasteiger partial charge in [0.2, 0.25) is 0 Å². The predicted molar refractivity (Wildman–Crippen MR) is 154 cm³/mol. The van der Waals surface area contributed by atoms with Crippen molar-refractivity contribution in [2.45, 2.75) is 26.0 Å². The van der Waals surface area contributed by atoms with Crippen molar-refractivity contribution in [2.24, 2.45) is 0 Å². The van der Waals surface area contributed by atoms with Gasteiger partial charge in [0.25, 0.3) is 0 Å². The number of hydrogen-bond acceptors (Lipinski definition) is 5. The van der Waals surface area contributed by atoms with E-state index in [9.17, 15) is 4.39 Å². The van der Waals surface area contributed by atoms with E-state index in [4.69, 9.17) is 16.3 Å². The summed E-state index contributed by atoms with van der Waals surface area (Å²) in [6, 6.07) is 20.2. The third kappa shape index (κ3) is 6.05. The summed E-state index contributed by atoms with van der Waals surface area (Å²) in [6.45, 7) is 4.73. The zero-order valence-corrected chi connectivity index (χ0v) is 22.2. The number of fused-ring (bicyclic) bond motifs is 1. The Balaban J connectivity index is 1.17. The third-order valence-electron chi connectivity index (χ3n) is 7.07. The molecule has 0 spiro atoms. The molecule has 1 N–H and O–H groups in total. The van der Waals surface area contributed by atoms with Crippen LogP contribution in [-0.4, -0.2) is 39.1 Å². The molecule has 3 heterocycles. The molecular formula is C31H29ClFN5O. The number of rotatable bonds is 9. The first-order valence-corrected chi connectivity index (χ1v) is 13.6. The Hall–Kier alpha value is -3.94. The van der Waals surface area contributed by atoms with Crippen LogP contribution in [0.15, 0.2) is 85.5 Å². The summed E-state index contributed by atoms with van der Waals surface area (Å²) in [5.74, 6) is 0.924. The maximum absolute atomic E-state index is 13.4. The molecule has 6 rings (SSSR count). The summed E-state index contributed by atoms with van der Waals surface area (Å²) in [7, 11) is 0. The van der Waals surface area contributed by atoms with Gasteiger partial charge < -0.3 is 19.5 Å². The summed E-state index contributed by atoms with van der Waals surface area (Å²) in [5, 5.41) is 4.75. The number of hydrogen-bond donors (Lipinski definition) is 1. The molecule has 3 aromatic carbocycles. The van der Waals surface area contributed by atoms with Gasteiger partial charge in [-0.05, 0) is 91.2 Å². The quantitative estimate of drug-likeness (QED) is 0.212. The van der Waals surface area contributed by atoms with Crippen molar-refractivity contribution in [3.8, 4) is 16.9 Å². The standard InChI is InChI=1S/C31H29ClFN5O/c32-28-18-26(7-9-30(28)39-20-22-4-3-5-25(33)16-22)36-31-27-17-23(6-8-29(27)34-21-35-31)24-10-13-38(19-24)15-14-37-11-1-2-12-37/h3-10,13,16-19,21H,1-2,11-12,14-15,20H2,(H,34,35,36). The lowest BCUT2D eigenvalue weighted by atomic mass is 10.1. The molecule has 6 nitrogen and oxygen atoms in total. The van der Waals surface area contributed by atoms with Gasteiger partial charge in [-0.2, -0.15) is 0 Å².